The van der Waals surface area contributed by atoms with Crippen molar-refractivity contribution in [1.82, 2.24) is 0 Å². The number of hydrogen-bond acceptors (Lipinski definition) is 2. The zero-order chi connectivity index (χ0) is 9.84. The van der Waals surface area contributed by atoms with Crippen molar-refractivity contribution in [3.8, 4) is 12.3 Å². The maximum absolute atomic E-state index is 11.5. The standard InChI is InChI=1S/C11H16O2/c1-4-9(3)13-11(12)10-7-5-6-8(10)2/h1,8-10H,5-7H2,2-3H3. The third kappa shape index (κ3) is 2.48. The monoisotopic (exact) mass is 180 g/mol. The molecule has 0 radical (unpaired) electrons. The van der Waals surface area contributed by atoms with E-state index in [1.807, 2.05) is 0 Å². The Labute approximate surface area is 79.7 Å². The fraction of sp³-hybridized carbons (Fsp3) is 0.727. The molecule has 0 bridgehead atoms. The average Bonchev–Trinajstić information content (AvgIpc) is 2.51. The molecule has 2 heteroatoms. The van der Waals surface area contributed by atoms with Crippen LogP contribution in [0.15, 0.2) is 0 Å². The molecule has 0 aliphatic heterocycles. The van der Waals surface area contributed by atoms with E-state index in [-0.39, 0.29) is 18.0 Å². The lowest BCUT2D eigenvalue weighted by atomic mass is 9.98. The van der Waals surface area contributed by atoms with Crippen LogP contribution in [0.4, 0.5) is 0 Å². The molecule has 1 rings (SSSR count). The zero-order valence-electron chi connectivity index (χ0n) is 8.25. The van der Waals surface area contributed by atoms with Crippen LogP contribution in [0.2, 0.25) is 0 Å². The quantitative estimate of drug-likeness (QED) is 0.480. The number of carbonyl (C=O) groups excluding carboxylic acids is 1. The predicted octanol–water partition coefficient (Wildman–Crippen LogP) is 1.99. The van der Waals surface area contributed by atoms with Crippen LogP contribution in [0.5, 0.6) is 0 Å². The van der Waals surface area contributed by atoms with Crippen molar-refractivity contribution in [1.29, 1.82) is 0 Å². The average molecular weight is 180 g/mol. The molecule has 0 spiro atoms. The molecule has 72 valence electrons. The largest absolute Gasteiger partial charge is 0.449 e. The highest BCUT2D eigenvalue weighted by Crippen LogP contribution is 2.32. The first kappa shape index (κ1) is 10.1. The Morgan fingerprint density at radius 1 is 1.62 bits per heavy atom. The number of rotatable bonds is 2. The third-order valence-corrected chi connectivity index (χ3v) is 2.69. The van der Waals surface area contributed by atoms with Crippen LogP contribution in [-0.4, -0.2) is 12.1 Å². The van der Waals surface area contributed by atoms with Gasteiger partial charge in [0.1, 0.15) is 0 Å². The van der Waals surface area contributed by atoms with Crippen LogP contribution in [-0.2, 0) is 9.53 Å². The molecule has 3 atom stereocenters. The van der Waals surface area contributed by atoms with Crippen molar-refractivity contribution >= 4 is 5.97 Å². The van der Waals surface area contributed by atoms with Gasteiger partial charge < -0.3 is 4.74 Å². The third-order valence-electron chi connectivity index (χ3n) is 2.69. The van der Waals surface area contributed by atoms with Gasteiger partial charge in [-0.25, -0.2) is 0 Å². The highest BCUT2D eigenvalue weighted by atomic mass is 16.5. The SMILES string of the molecule is C#CC(C)OC(=O)C1CCCC1C. The van der Waals surface area contributed by atoms with Gasteiger partial charge in [0, 0.05) is 0 Å². The Kier molecular flexibility index (Phi) is 3.36. The first-order chi connectivity index (χ1) is 6.15. The second kappa shape index (κ2) is 4.32. The molecule has 0 saturated heterocycles. The van der Waals surface area contributed by atoms with E-state index in [0.29, 0.717) is 5.92 Å². The number of esters is 1. The van der Waals surface area contributed by atoms with Crippen molar-refractivity contribution in [3.63, 3.8) is 0 Å². The molecule has 3 unspecified atom stereocenters. The first-order valence-electron chi connectivity index (χ1n) is 4.81. The molecular weight excluding hydrogens is 164 g/mol. The predicted molar refractivity (Wildman–Crippen MR) is 50.9 cm³/mol. The Balaban J connectivity index is 2.44. The summed E-state index contributed by atoms with van der Waals surface area (Å²) in [7, 11) is 0. The number of carbonyl (C=O) groups is 1. The van der Waals surface area contributed by atoms with Gasteiger partial charge in [-0.1, -0.05) is 19.3 Å². The molecule has 0 heterocycles. The molecule has 0 aromatic heterocycles. The molecule has 1 aliphatic carbocycles. The van der Waals surface area contributed by atoms with Crippen molar-refractivity contribution in [2.75, 3.05) is 0 Å². The summed E-state index contributed by atoms with van der Waals surface area (Å²) in [5, 5.41) is 0. The van der Waals surface area contributed by atoms with Gasteiger partial charge in [0.15, 0.2) is 6.10 Å². The molecule has 0 aromatic rings. The van der Waals surface area contributed by atoms with E-state index >= 15 is 0 Å². The van der Waals surface area contributed by atoms with E-state index in [1.165, 1.54) is 0 Å². The van der Waals surface area contributed by atoms with Crippen molar-refractivity contribution in [2.45, 2.75) is 39.2 Å². The molecule has 1 saturated carbocycles. The Bertz CT molecular complexity index is 227. The summed E-state index contributed by atoms with van der Waals surface area (Å²) in [6.45, 7) is 3.82. The van der Waals surface area contributed by atoms with Crippen LogP contribution < -0.4 is 0 Å². The minimum absolute atomic E-state index is 0.0794. The van der Waals surface area contributed by atoms with E-state index in [4.69, 9.17) is 11.2 Å². The summed E-state index contributed by atoms with van der Waals surface area (Å²) < 4.78 is 5.08. The lowest BCUT2D eigenvalue weighted by Crippen LogP contribution is -2.23. The summed E-state index contributed by atoms with van der Waals surface area (Å²) in [4.78, 5) is 11.5. The van der Waals surface area contributed by atoms with Gasteiger partial charge in [0.2, 0.25) is 0 Å². The Morgan fingerprint density at radius 2 is 2.31 bits per heavy atom. The first-order valence-corrected chi connectivity index (χ1v) is 4.81. The molecule has 0 amide bonds. The minimum Gasteiger partial charge on any atom is -0.449 e. The lowest BCUT2D eigenvalue weighted by molar-refractivity contribution is -0.151. The molecule has 1 aliphatic rings. The second-order valence-electron chi connectivity index (χ2n) is 3.76. The van der Waals surface area contributed by atoms with Gasteiger partial charge in [-0.2, -0.15) is 0 Å². The molecule has 13 heavy (non-hydrogen) atoms. The van der Waals surface area contributed by atoms with Crippen LogP contribution in [0.3, 0.4) is 0 Å². The van der Waals surface area contributed by atoms with Crippen molar-refractivity contribution in [2.24, 2.45) is 11.8 Å². The van der Waals surface area contributed by atoms with Crippen LogP contribution >= 0.6 is 0 Å². The lowest BCUT2D eigenvalue weighted by Gasteiger charge is -2.15. The normalized spacial score (nSPS) is 29.3. The van der Waals surface area contributed by atoms with Crippen LogP contribution in [0, 0.1) is 24.2 Å². The summed E-state index contributed by atoms with van der Waals surface area (Å²) in [5.74, 6) is 2.81. The molecular formula is C11H16O2. The fourth-order valence-corrected chi connectivity index (χ4v) is 1.79. The number of hydrogen-bond donors (Lipinski definition) is 0. The van der Waals surface area contributed by atoms with Gasteiger partial charge in [-0.3, -0.25) is 4.79 Å². The van der Waals surface area contributed by atoms with Gasteiger partial charge in [-0.15, -0.1) is 6.42 Å². The zero-order valence-corrected chi connectivity index (χ0v) is 8.25. The fourth-order valence-electron chi connectivity index (χ4n) is 1.79. The van der Waals surface area contributed by atoms with Gasteiger partial charge in [-0.05, 0) is 25.7 Å². The second-order valence-corrected chi connectivity index (χ2v) is 3.76. The number of ether oxygens (including phenoxy) is 1. The summed E-state index contributed by atoms with van der Waals surface area (Å²) in [5.41, 5.74) is 0. The van der Waals surface area contributed by atoms with Gasteiger partial charge >= 0.3 is 5.97 Å². The van der Waals surface area contributed by atoms with Gasteiger partial charge in [0.05, 0.1) is 5.92 Å². The van der Waals surface area contributed by atoms with E-state index in [0.717, 1.165) is 19.3 Å². The highest BCUT2D eigenvalue weighted by molar-refractivity contribution is 5.73. The molecule has 0 N–H and O–H groups in total. The van der Waals surface area contributed by atoms with E-state index < -0.39 is 0 Å². The summed E-state index contributed by atoms with van der Waals surface area (Å²) >= 11 is 0. The van der Waals surface area contributed by atoms with Gasteiger partial charge in [0.25, 0.3) is 0 Å². The maximum Gasteiger partial charge on any atom is 0.310 e. The molecule has 2 nitrogen and oxygen atoms in total. The van der Waals surface area contributed by atoms with E-state index in [2.05, 4.69) is 12.8 Å². The number of terminal acetylenes is 1. The molecule has 1 fully saturated rings. The maximum atomic E-state index is 11.5. The van der Waals surface area contributed by atoms with Crippen LogP contribution in [0.25, 0.3) is 0 Å². The Hall–Kier alpha value is -0.970. The minimum atomic E-state index is -0.389. The topological polar surface area (TPSA) is 26.3 Å². The van der Waals surface area contributed by atoms with Crippen molar-refractivity contribution in [3.05, 3.63) is 0 Å². The smallest absolute Gasteiger partial charge is 0.310 e. The summed E-state index contributed by atoms with van der Waals surface area (Å²) in [6, 6.07) is 0. The molecule has 0 aromatic carbocycles. The van der Waals surface area contributed by atoms with E-state index in [9.17, 15) is 4.79 Å². The van der Waals surface area contributed by atoms with E-state index in [1.54, 1.807) is 6.92 Å². The highest BCUT2D eigenvalue weighted by Gasteiger charge is 2.31. The van der Waals surface area contributed by atoms with Crippen molar-refractivity contribution < 1.29 is 9.53 Å². The Morgan fingerprint density at radius 3 is 2.77 bits per heavy atom. The van der Waals surface area contributed by atoms with Crippen LogP contribution in [0.1, 0.15) is 33.1 Å². The summed E-state index contributed by atoms with van der Waals surface area (Å²) in [6.07, 6.45) is 7.95.